The number of aromatic amines is 1. The van der Waals surface area contributed by atoms with Crippen molar-refractivity contribution in [2.75, 3.05) is 12.9 Å². The fourth-order valence-electron chi connectivity index (χ4n) is 4.17. The summed E-state index contributed by atoms with van der Waals surface area (Å²) < 4.78 is 7.40. The third kappa shape index (κ3) is 4.70. The maximum atomic E-state index is 12.8. The predicted molar refractivity (Wildman–Crippen MR) is 131 cm³/mol. The SMILES string of the molecule is COc1cccc(-n2c(CNC(=O)c3n[nH]c4c3CCC4)nnc2SCCc2ccccc2)c1. The van der Waals surface area contributed by atoms with Crippen molar-refractivity contribution >= 4 is 17.7 Å². The molecule has 0 unspecified atom stereocenters. The Labute approximate surface area is 202 Å². The van der Waals surface area contributed by atoms with E-state index < -0.39 is 0 Å². The minimum absolute atomic E-state index is 0.196. The van der Waals surface area contributed by atoms with Crippen molar-refractivity contribution < 1.29 is 9.53 Å². The van der Waals surface area contributed by atoms with Crippen molar-refractivity contribution in [1.29, 1.82) is 0 Å². The van der Waals surface area contributed by atoms with Crippen LogP contribution >= 0.6 is 11.8 Å². The molecular formula is C25H26N6O2S. The van der Waals surface area contributed by atoms with Gasteiger partial charge in [0.05, 0.1) is 19.3 Å². The summed E-state index contributed by atoms with van der Waals surface area (Å²) >= 11 is 1.64. The zero-order valence-electron chi connectivity index (χ0n) is 19.0. The first-order chi connectivity index (χ1) is 16.7. The molecule has 0 saturated carbocycles. The highest BCUT2D eigenvalue weighted by Gasteiger charge is 2.23. The molecule has 0 spiro atoms. The molecule has 5 rings (SSSR count). The van der Waals surface area contributed by atoms with E-state index in [0.717, 1.165) is 59.3 Å². The molecule has 2 heterocycles. The maximum absolute atomic E-state index is 12.8. The second kappa shape index (κ2) is 10.1. The standard InChI is InChI=1S/C25H26N6O2S/c1-33-19-10-5-9-18(15-19)31-22(16-26-24(32)23-20-11-6-12-21(20)27-29-23)28-30-25(31)34-14-13-17-7-3-2-4-8-17/h2-5,7-10,15H,6,11-14,16H2,1H3,(H,26,32)(H,27,29). The Bertz CT molecular complexity index is 1280. The molecule has 1 aliphatic rings. The highest BCUT2D eigenvalue weighted by molar-refractivity contribution is 7.99. The van der Waals surface area contributed by atoms with E-state index in [-0.39, 0.29) is 12.5 Å². The van der Waals surface area contributed by atoms with Gasteiger partial charge in [-0.3, -0.25) is 14.5 Å². The van der Waals surface area contributed by atoms with Gasteiger partial charge in [0.25, 0.3) is 5.91 Å². The molecule has 8 nitrogen and oxygen atoms in total. The second-order valence-electron chi connectivity index (χ2n) is 8.09. The molecular weight excluding hydrogens is 448 g/mol. The van der Waals surface area contributed by atoms with Gasteiger partial charge in [-0.1, -0.05) is 48.2 Å². The lowest BCUT2D eigenvalue weighted by Gasteiger charge is -2.12. The summed E-state index contributed by atoms with van der Waals surface area (Å²) in [6.45, 7) is 0.240. The molecule has 2 N–H and O–H groups in total. The van der Waals surface area contributed by atoms with Gasteiger partial charge >= 0.3 is 0 Å². The van der Waals surface area contributed by atoms with Crippen molar-refractivity contribution in [3.63, 3.8) is 0 Å². The fraction of sp³-hybridized carbons (Fsp3) is 0.280. The number of rotatable bonds is 9. The van der Waals surface area contributed by atoms with Crippen molar-refractivity contribution in [3.8, 4) is 11.4 Å². The van der Waals surface area contributed by atoms with Gasteiger partial charge in [0.15, 0.2) is 16.7 Å². The third-order valence-corrected chi connectivity index (χ3v) is 6.84. The van der Waals surface area contributed by atoms with Crippen molar-refractivity contribution in [1.82, 2.24) is 30.3 Å². The molecule has 2 aromatic carbocycles. The normalized spacial score (nSPS) is 12.5. The first-order valence-electron chi connectivity index (χ1n) is 11.3. The molecule has 9 heteroatoms. The summed E-state index contributed by atoms with van der Waals surface area (Å²) in [4.78, 5) is 12.8. The van der Waals surface area contributed by atoms with Crippen LogP contribution in [0.4, 0.5) is 0 Å². The fourth-order valence-corrected chi connectivity index (χ4v) is 5.13. The molecule has 34 heavy (non-hydrogen) atoms. The lowest BCUT2D eigenvalue weighted by molar-refractivity contribution is 0.0943. The predicted octanol–water partition coefficient (Wildman–Crippen LogP) is 3.75. The number of aryl methyl sites for hydroxylation is 2. The van der Waals surface area contributed by atoms with Crippen LogP contribution in [0, 0.1) is 0 Å². The average Bonchev–Trinajstić information content (AvgIpc) is 3.59. The van der Waals surface area contributed by atoms with Crippen LogP contribution in [0.1, 0.15) is 39.6 Å². The highest BCUT2D eigenvalue weighted by atomic mass is 32.2. The number of H-pyrrole nitrogens is 1. The number of carbonyl (C=O) groups excluding carboxylic acids is 1. The molecule has 2 aromatic heterocycles. The summed E-state index contributed by atoms with van der Waals surface area (Å²) in [6.07, 6.45) is 3.81. The van der Waals surface area contributed by atoms with Gasteiger partial charge in [-0.2, -0.15) is 5.10 Å². The number of fused-ring (bicyclic) bond motifs is 1. The molecule has 0 atom stereocenters. The molecule has 4 aromatic rings. The number of amides is 1. The summed E-state index contributed by atoms with van der Waals surface area (Å²) in [5.41, 5.74) is 4.75. The van der Waals surface area contributed by atoms with Gasteiger partial charge in [0.2, 0.25) is 0 Å². The van der Waals surface area contributed by atoms with E-state index in [0.29, 0.717) is 11.5 Å². The van der Waals surface area contributed by atoms with Crippen LogP contribution in [-0.2, 0) is 25.8 Å². The van der Waals surface area contributed by atoms with E-state index in [9.17, 15) is 4.79 Å². The number of methoxy groups -OCH3 is 1. The van der Waals surface area contributed by atoms with E-state index in [2.05, 4.69) is 37.8 Å². The van der Waals surface area contributed by atoms with Crippen LogP contribution in [0.15, 0.2) is 59.8 Å². The third-order valence-electron chi connectivity index (χ3n) is 5.91. The van der Waals surface area contributed by atoms with Gasteiger partial charge in [0, 0.05) is 23.1 Å². The Hall–Kier alpha value is -3.59. The first kappa shape index (κ1) is 22.2. The molecule has 1 aliphatic carbocycles. The van der Waals surface area contributed by atoms with Crippen LogP contribution in [0.25, 0.3) is 5.69 Å². The maximum Gasteiger partial charge on any atom is 0.272 e. The number of nitrogens with zero attached hydrogens (tertiary/aromatic N) is 4. The minimum Gasteiger partial charge on any atom is -0.497 e. The quantitative estimate of drug-likeness (QED) is 0.359. The Kier molecular flexibility index (Phi) is 6.62. The van der Waals surface area contributed by atoms with E-state index >= 15 is 0 Å². The number of nitrogens with one attached hydrogen (secondary N) is 2. The van der Waals surface area contributed by atoms with Gasteiger partial charge in [-0.15, -0.1) is 10.2 Å². The van der Waals surface area contributed by atoms with Gasteiger partial charge in [-0.25, -0.2) is 0 Å². The van der Waals surface area contributed by atoms with E-state index in [1.54, 1.807) is 18.9 Å². The Morgan fingerprint density at radius 2 is 2.03 bits per heavy atom. The number of ether oxygens (including phenoxy) is 1. The van der Waals surface area contributed by atoms with E-state index in [4.69, 9.17) is 4.74 Å². The van der Waals surface area contributed by atoms with Crippen LogP contribution in [0.2, 0.25) is 0 Å². The smallest absolute Gasteiger partial charge is 0.272 e. The van der Waals surface area contributed by atoms with Crippen LogP contribution in [0.3, 0.4) is 0 Å². The van der Waals surface area contributed by atoms with Crippen molar-refractivity contribution in [3.05, 3.63) is 82.9 Å². The zero-order chi connectivity index (χ0) is 23.3. The van der Waals surface area contributed by atoms with E-state index in [1.165, 1.54) is 5.56 Å². The van der Waals surface area contributed by atoms with Gasteiger partial charge < -0.3 is 10.1 Å². The molecule has 0 bridgehead atoms. The number of hydrogen-bond donors (Lipinski definition) is 2. The zero-order valence-corrected chi connectivity index (χ0v) is 19.8. The minimum atomic E-state index is -0.196. The topological polar surface area (TPSA) is 97.7 Å². The molecule has 0 aliphatic heterocycles. The first-order valence-corrected chi connectivity index (χ1v) is 12.3. The van der Waals surface area contributed by atoms with Crippen molar-refractivity contribution in [2.24, 2.45) is 0 Å². The largest absolute Gasteiger partial charge is 0.497 e. The summed E-state index contributed by atoms with van der Waals surface area (Å²) in [7, 11) is 1.64. The Morgan fingerprint density at radius 3 is 2.88 bits per heavy atom. The number of benzene rings is 2. The Morgan fingerprint density at radius 1 is 1.15 bits per heavy atom. The Balaban J connectivity index is 1.35. The monoisotopic (exact) mass is 474 g/mol. The lowest BCUT2D eigenvalue weighted by atomic mass is 10.2. The average molecular weight is 475 g/mol. The number of carbonyl (C=O) groups is 1. The van der Waals surface area contributed by atoms with Crippen molar-refractivity contribution in [2.45, 2.75) is 37.4 Å². The molecule has 1 amide bonds. The summed E-state index contributed by atoms with van der Waals surface area (Å²) in [5.74, 6) is 2.06. The molecule has 0 fully saturated rings. The second-order valence-corrected chi connectivity index (χ2v) is 9.15. The van der Waals surface area contributed by atoms with Crippen LogP contribution in [-0.4, -0.2) is 43.7 Å². The molecule has 0 radical (unpaired) electrons. The number of aromatic nitrogens is 5. The van der Waals surface area contributed by atoms with E-state index in [1.807, 2.05) is 47.0 Å². The summed E-state index contributed by atoms with van der Waals surface area (Å²) in [5, 5.41) is 19.8. The van der Waals surface area contributed by atoms with Gasteiger partial charge in [-0.05, 0) is 43.4 Å². The van der Waals surface area contributed by atoms with Gasteiger partial charge in [0.1, 0.15) is 5.75 Å². The molecule has 174 valence electrons. The molecule has 0 saturated heterocycles. The van der Waals surface area contributed by atoms with Crippen LogP contribution < -0.4 is 10.1 Å². The number of hydrogen-bond acceptors (Lipinski definition) is 6. The number of thioether (sulfide) groups is 1. The highest BCUT2D eigenvalue weighted by Crippen LogP contribution is 2.26. The summed E-state index contributed by atoms with van der Waals surface area (Å²) in [6, 6.07) is 18.1. The van der Waals surface area contributed by atoms with Crippen LogP contribution in [0.5, 0.6) is 5.75 Å². The lowest BCUT2D eigenvalue weighted by Crippen LogP contribution is -2.26.